The van der Waals surface area contributed by atoms with Crippen molar-refractivity contribution in [2.24, 2.45) is 0 Å². The zero-order valence-electron chi connectivity index (χ0n) is 9.44. The Hall–Kier alpha value is -0.770. The molecule has 1 aliphatic heterocycles. The SMILES string of the molecule is CC1C(O)C(C)N1C(=O)OC(C)(C)C. The van der Waals surface area contributed by atoms with Crippen molar-refractivity contribution in [1.82, 2.24) is 4.90 Å². The number of aliphatic hydroxyl groups excluding tert-OH is 1. The molecule has 0 aromatic rings. The van der Waals surface area contributed by atoms with Crippen molar-refractivity contribution >= 4 is 6.09 Å². The van der Waals surface area contributed by atoms with Crippen LogP contribution in [-0.2, 0) is 4.74 Å². The summed E-state index contributed by atoms with van der Waals surface area (Å²) < 4.78 is 5.21. The van der Waals surface area contributed by atoms with Crippen LogP contribution >= 0.6 is 0 Å². The third-order valence-corrected chi connectivity index (χ3v) is 2.47. The summed E-state index contributed by atoms with van der Waals surface area (Å²) in [5.74, 6) is 0. The summed E-state index contributed by atoms with van der Waals surface area (Å²) in [6.45, 7) is 9.12. The van der Waals surface area contributed by atoms with E-state index < -0.39 is 11.7 Å². The van der Waals surface area contributed by atoms with E-state index in [0.29, 0.717) is 0 Å². The van der Waals surface area contributed by atoms with Gasteiger partial charge in [0.1, 0.15) is 5.60 Å². The van der Waals surface area contributed by atoms with Gasteiger partial charge in [-0.1, -0.05) is 0 Å². The van der Waals surface area contributed by atoms with E-state index in [9.17, 15) is 9.90 Å². The standard InChI is InChI=1S/C10H19NO3/c1-6-8(12)7(2)11(6)9(13)14-10(3,4)5/h6-8,12H,1-5H3. The predicted octanol–water partition coefficient (Wildman–Crippen LogP) is 1.38. The van der Waals surface area contributed by atoms with Gasteiger partial charge in [0.05, 0.1) is 18.2 Å². The number of carbonyl (C=O) groups excluding carboxylic acids is 1. The zero-order valence-corrected chi connectivity index (χ0v) is 9.44. The van der Waals surface area contributed by atoms with Crippen molar-refractivity contribution < 1.29 is 14.6 Å². The number of rotatable bonds is 0. The maximum Gasteiger partial charge on any atom is 0.410 e. The molecule has 0 spiro atoms. The van der Waals surface area contributed by atoms with Crippen molar-refractivity contribution in [2.45, 2.75) is 58.4 Å². The summed E-state index contributed by atoms with van der Waals surface area (Å²) >= 11 is 0. The number of nitrogens with zero attached hydrogens (tertiary/aromatic N) is 1. The highest BCUT2D eigenvalue weighted by Gasteiger charge is 2.46. The number of amides is 1. The lowest BCUT2D eigenvalue weighted by atomic mass is 9.93. The second-order valence-corrected chi connectivity index (χ2v) is 4.86. The largest absolute Gasteiger partial charge is 0.444 e. The molecular weight excluding hydrogens is 182 g/mol. The van der Waals surface area contributed by atoms with Crippen LogP contribution in [0.1, 0.15) is 34.6 Å². The van der Waals surface area contributed by atoms with E-state index in [0.717, 1.165) is 0 Å². The summed E-state index contributed by atoms with van der Waals surface area (Å²) in [6.07, 6.45) is -0.773. The molecule has 1 saturated heterocycles. The third-order valence-electron chi connectivity index (χ3n) is 2.47. The van der Waals surface area contributed by atoms with Gasteiger partial charge in [0.15, 0.2) is 0 Å². The van der Waals surface area contributed by atoms with Gasteiger partial charge in [-0.15, -0.1) is 0 Å². The number of carbonyl (C=O) groups is 1. The maximum absolute atomic E-state index is 11.6. The Labute approximate surface area is 84.8 Å². The van der Waals surface area contributed by atoms with E-state index in [2.05, 4.69) is 0 Å². The minimum Gasteiger partial charge on any atom is -0.444 e. The lowest BCUT2D eigenvalue weighted by Gasteiger charge is -2.49. The minimum absolute atomic E-state index is 0.139. The monoisotopic (exact) mass is 201 g/mol. The molecule has 4 heteroatoms. The van der Waals surface area contributed by atoms with Crippen molar-refractivity contribution in [3.63, 3.8) is 0 Å². The molecule has 1 fully saturated rings. The number of ether oxygens (including phenoxy) is 1. The highest BCUT2D eigenvalue weighted by Crippen LogP contribution is 2.27. The first-order chi connectivity index (χ1) is 6.24. The van der Waals surface area contributed by atoms with Crippen molar-refractivity contribution in [3.8, 4) is 0 Å². The van der Waals surface area contributed by atoms with E-state index >= 15 is 0 Å². The number of hydrogen-bond acceptors (Lipinski definition) is 3. The summed E-state index contributed by atoms with van der Waals surface area (Å²) in [6, 6.07) is -0.278. The van der Waals surface area contributed by atoms with Crippen LogP contribution in [0, 0.1) is 0 Å². The number of aliphatic hydroxyl groups is 1. The van der Waals surface area contributed by atoms with Crippen LogP contribution in [0.25, 0.3) is 0 Å². The van der Waals surface area contributed by atoms with Crippen molar-refractivity contribution in [1.29, 1.82) is 0 Å². The molecule has 2 atom stereocenters. The lowest BCUT2D eigenvalue weighted by molar-refractivity contribution is -0.102. The predicted molar refractivity (Wildman–Crippen MR) is 53.0 cm³/mol. The summed E-state index contributed by atoms with van der Waals surface area (Å²) in [4.78, 5) is 13.2. The fraction of sp³-hybridized carbons (Fsp3) is 0.900. The molecule has 1 heterocycles. The summed E-state index contributed by atoms with van der Waals surface area (Å²) in [5, 5.41) is 9.45. The van der Waals surface area contributed by atoms with E-state index in [1.54, 1.807) is 4.90 Å². The van der Waals surface area contributed by atoms with Crippen LogP contribution in [0.15, 0.2) is 0 Å². The Kier molecular flexibility index (Phi) is 2.76. The molecule has 0 bridgehead atoms. The van der Waals surface area contributed by atoms with Crippen LogP contribution in [-0.4, -0.2) is 39.9 Å². The van der Waals surface area contributed by atoms with Gasteiger partial charge in [-0.25, -0.2) is 4.79 Å². The Morgan fingerprint density at radius 2 is 1.71 bits per heavy atom. The minimum atomic E-state index is -0.475. The van der Waals surface area contributed by atoms with Crippen LogP contribution in [0.3, 0.4) is 0 Å². The smallest absolute Gasteiger partial charge is 0.410 e. The molecule has 4 nitrogen and oxygen atoms in total. The molecule has 0 aromatic heterocycles. The first kappa shape index (κ1) is 11.3. The second-order valence-electron chi connectivity index (χ2n) is 4.86. The van der Waals surface area contributed by atoms with Crippen LogP contribution in [0.4, 0.5) is 4.79 Å². The van der Waals surface area contributed by atoms with E-state index in [1.807, 2.05) is 34.6 Å². The first-order valence-electron chi connectivity index (χ1n) is 4.93. The molecule has 1 aliphatic rings. The average Bonchev–Trinajstić information content (AvgIpc) is 2.00. The van der Waals surface area contributed by atoms with Gasteiger partial charge in [-0.05, 0) is 34.6 Å². The van der Waals surface area contributed by atoms with Crippen molar-refractivity contribution in [2.75, 3.05) is 0 Å². The van der Waals surface area contributed by atoms with Gasteiger partial charge < -0.3 is 9.84 Å². The van der Waals surface area contributed by atoms with Crippen LogP contribution < -0.4 is 0 Å². The fourth-order valence-corrected chi connectivity index (χ4v) is 1.65. The van der Waals surface area contributed by atoms with Gasteiger partial charge in [0, 0.05) is 0 Å². The van der Waals surface area contributed by atoms with Crippen LogP contribution in [0.5, 0.6) is 0 Å². The Morgan fingerprint density at radius 1 is 1.29 bits per heavy atom. The molecule has 82 valence electrons. The molecule has 2 unspecified atom stereocenters. The molecular formula is C10H19NO3. The molecule has 0 aliphatic carbocycles. The molecule has 1 rings (SSSR count). The molecule has 0 saturated carbocycles. The first-order valence-corrected chi connectivity index (χ1v) is 4.93. The maximum atomic E-state index is 11.6. The highest BCUT2D eigenvalue weighted by atomic mass is 16.6. The lowest BCUT2D eigenvalue weighted by Crippen LogP contribution is -2.67. The number of likely N-dealkylation sites (tertiary alicyclic amines) is 1. The second kappa shape index (κ2) is 3.42. The van der Waals surface area contributed by atoms with Gasteiger partial charge in [-0.3, -0.25) is 4.90 Å². The quantitative estimate of drug-likeness (QED) is 0.644. The molecule has 0 radical (unpaired) electrons. The normalized spacial score (nSPS) is 32.4. The molecule has 1 amide bonds. The van der Waals surface area contributed by atoms with Gasteiger partial charge >= 0.3 is 6.09 Å². The third kappa shape index (κ3) is 2.00. The van der Waals surface area contributed by atoms with E-state index in [1.165, 1.54) is 0 Å². The van der Waals surface area contributed by atoms with Gasteiger partial charge in [0.2, 0.25) is 0 Å². The molecule has 14 heavy (non-hydrogen) atoms. The molecule has 1 N–H and O–H groups in total. The zero-order chi connectivity index (χ0) is 11.1. The number of hydrogen-bond donors (Lipinski definition) is 1. The van der Waals surface area contributed by atoms with Crippen molar-refractivity contribution in [3.05, 3.63) is 0 Å². The average molecular weight is 201 g/mol. The van der Waals surface area contributed by atoms with Gasteiger partial charge in [-0.2, -0.15) is 0 Å². The Bertz CT molecular complexity index is 224. The Balaban J connectivity index is 2.55. The van der Waals surface area contributed by atoms with Gasteiger partial charge in [0.25, 0.3) is 0 Å². The Morgan fingerprint density at radius 3 is 2.07 bits per heavy atom. The summed E-state index contributed by atoms with van der Waals surface area (Å²) in [7, 11) is 0. The summed E-state index contributed by atoms with van der Waals surface area (Å²) in [5.41, 5.74) is -0.475. The fourth-order valence-electron chi connectivity index (χ4n) is 1.65. The molecule has 0 aromatic carbocycles. The van der Waals surface area contributed by atoms with E-state index in [-0.39, 0.29) is 18.2 Å². The highest BCUT2D eigenvalue weighted by molar-refractivity contribution is 5.70. The van der Waals surface area contributed by atoms with Crippen LogP contribution in [0.2, 0.25) is 0 Å². The van der Waals surface area contributed by atoms with E-state index in [4.69, 9.17) is 4.74 Å². The topological polar surface area (TPSA) is 49.8 Å².